The van der Waals surface area contributed by atoms with E-state index in [4.69, 9.17) is 25.8 Å². The molecule has 0 radical (unpaired) electrons. The van der Waals surface area contributed by atoms with Crippen LogP contribution in [-0.2, 0) is 16.1 Å². The molecule has 4 rings (SSSR count). The van der Waals surface area contributed by atoms with Gasteiger partial charge in [0.05, 0.1) is 18.1 Å². The van der Waals surface area contributed by atoms with E-state index < -0.39 is 0 Å². The molecule has 176 valence electrons. The Hall–Kier alpha value is -2.93. The molecule has 1 fully saturated rings. The zero-order chi connectivity index (χ0) is 23.2. The molecule has 0 unspecified atom stereocenters. The molecule has 1 saturated carbocycles. The van der Waals surface area contributed by atoms with Crippen molar-refractivity contribution in [2.45, 2.75) is 39.2 Å². The van der Waals surface area contributed by atoms with E-state index in [-0.39, 0.29) is 24.6 Å². The minimum Gasteiger partial charge on any atom is -0.466 e. The molecule has 0 bridgehead atoms. The Labute approximate surface area is 198 Å². The molecular formula is C25H29ClN2O5. The Kier molecular flexibility index (Phi) is 7.60. The summed E-state index contributed by atoms with van der Waals surface area (Å²) in [6, 6.07) is 10.9. The molecule has 2 aliphatic rings. The summed E-state index contributed by atoms with van der Waals surface area (Å²) in [5.41, 5.74) is 2.17. The van der Waals surface area contributed by atoms with E-state index in [1.54, 1.807) is 12.1 Å². The maximum Gasteiger partial charge on any atom is 0.308 e. The van der Waals surface area contributed by atoms with Gasteiger partial charge in [0, 0.05) is 23.8 Å². The SMILES string of the molecule is CCOC(=O)[C@H]1CC[C@H](CNc2ccc(Cl)cc2C(=O)NCc2ccc3c(c2)OCO3)CC1. The molecule has 1 amide bonds. The Bertz CT molecular complexity index is 1000. The van der Waals surface area contributed by atoms with Crippen LogP contribution in [0.25, 0.3) is 0 Å². The van der Waals surface area contributed by atoms with E-state index in [0.717, 1.165) is 43.5 Å². The zero-order valence-corrected chi connectivity index (χ0v) is 19.5. The van der Waals surface area contributed by atoms with E-state index in [2.05, 4.69) is 10.6 Å². The van der Waals surface area contributed by atoms with Gasteiger partial charge in [0.25, 0.3) is 5.91 Å². The van der Waals surface area contributed by atoms with Crippen LogP contribution >= 0.6 is 11.6 Å². The standard InChI is InChI=1S/C25H29ClN2O5/c1-2-31-25(30)18-6-3-16(4-7-18)13-27-21-9-8-19(26)12-20(21)24(29)28-14-17-5-10-22-23(11-17)33-15-32-22/h5,8-12,16,18,27H,2-4,6-7,13-15H2,1H3,(H,28,29)/t16-,18-. The van der Waals surface area contributed by atoms with Crippen LogP contribution in [0.4, 0.5) is 5.69 Å². The van der Waals surface area contributed by atoms with Gasteiger partial charge in [-0.2, -0.15) is 0 Å². The van der Waals surface area contributed by atoms with Crippen molar-refractivity contribution in [1.29, 1.82) is 0 Å². The largest absolute Gasteiger partial charge is 0.466 e. The fourth-order valence-electron chi connectivity index (χ4n) is 4.30. The minimum absolute atomic E-state index is 0.00856. The molecule has 2 aromatic rings. The van der Waals surface area contributed by atoms with Crippen molar-refractivity contribution in [3.63, 3.8) is 0 Å². The first-order chi connectivity index (χ1) is 16.0. The van der Waals surface area contributed by atoms with Crippen LogP contribution in [0.2, 0.25) is 5.02 Å². The monoisotopic (exact) mass is 472 g/mol. The number of amides is 1. The smallest absolute Gasteiger partial charge is 0.308 e. The maximum atomic E-state index is 12.9. The molecular weight excluding hydrogens is 444 g/mol. The lowest BCUT2D eigenvalue weighted by atomic mass is 9.82. The normalized spacial score (nSPS) is 19.1. The average Bonchev–Trinajstić information content (AvgIpc) is 3.30. The summed E-state index contributed by atoms with van der Waals surface area (Å²) < 4.78 is 15.9. The maximum absolute atomic E-state index is 12.9. The molecule has 2 aromatic carbocycles. The summed E-state index contributed by atoms with van der Waals surface area (Å²) in [5, 5.41) is 6.88. The predicted molar refractivity (Wildman–Crippen MR) is 126 cm³/mol. The van der Waals surface area contributed by atoms with Crippen LogP contribution in [0.5, 0.6) is 11.5 Å². The number of nitrogens with one attached hydrogen (secondary N) is 2. The molecule has 1 aliphatic heterocycles. The molecule has 7 nitrogen and oxygen atoms in total. The molecule has 0 saturated heterocycles. The minimum atomic E-state index is -0.205. The van der Waals surface area contributed by atoms with Crippen molar-refractivity contribution < 1.29 is 23.8 Å². The van der Waals surface area contributed by atoms with Gasteiger partial charge >= 0.3 is 5.97 Å². The average molecular weight is 473 g/mol. The van der Waals surface area contributed by atoms with Gasteiger partial charge in [-0.15, -0.1) is 0 Å². The number of fused-ring (bicyclic) bond motifs is 1. The molecule has 1 aliphatic carbocycles. The van der Waals surface area contributed by atoms with Gasteiger partial charge in [0.1, 0.15) is 0 Å². The van der Waals surface area contributed by atoms with Crippen LogP contribution in [0.1, 0.15) is 48.5 Å². The molecule has 0 aromatic heterocycles. The van der Waals surface area contributed by atoms with Gasteiger partial charge in [0.15, 0.2) is 11.5 Å². The number of carbonyl (C=O) groups excluding carboxylic acids is 2. The Balaban J connectivity index is 1.32. The third kappa shape index (κ3) is 5.90. The number of hydrogen-bond acceptors (Lipinski definition) is 6. The fraction of sp³-hybridized carbons (Fsp3) is 0.440. The number of anilines is 1. The van der Waals surface area contributed by atoms with Crippen LogP contribution in [0.15, 0.2) is 36.4 Å². The van der Waals surface area contributed by atoms with Gasteiger partial charge in [-0.3, -0.25) is 9.59 Å². The second kappa shape index (κ2) is 10.8. The molecule has 1 heterocycles. The number of ether oxygens (including phenoxy) is 3. The van der Waals surface area contributed by atoms with Crippen LogP contribution < -0.4 is 20.1 Å². The molecule has 33 heavy (non-hydrogen) atoms. The lowest BCUT2D eigenvalue weighted by molar-refractivity contribution is -0.149. The lowest BCUT2D eigenvalue weighted by Crippen LogP contribution is -2.28. The number of benzene rings is 2. The van der Waals surface area contributed by atoms with Crippen LogP contribution in [-0.4, -0.2) is 31.8 Å². The Morgan fingerprint density at radius 3 is 2.64 bits per heavy atom. The summed E-state index contributed by atoms with van der Waals surface area (Å²) in [5.74, 6) is 1.56. The van der Waals surface area contributed by atoms with E-state index in [0.29, 0.717) is 41.2 Å². The topological polar surface area (TPSA) is 85.9 Å². The molecule has 0 atom stereocenters. The van der Waals surface area contributed by atoms with Crippen molar-refractivity contribution in [1.82, 2.24) is 5.32 Å². The number of halogens is 1. The summed E-state index contributed by atoms with van der Waals surface area (Å²) in [6.07, 6.45) is 3.59. The number of rotatable bonds is 8. The summed E-state index contributed by atoms with van der Waals surface area (Å²) in [4.78, 5) is 24.9. The molecule has 0 spiro atoms. The highest BCUT2D eigenvalue weighted by molar-refractivity contribution is 6.31. The summed E-state index contributed by atoms with van der Waals surface area (Å²) in [6.45, 7) is 3.57. The van der Waals surface area contributed by atoms with Gasteiger partial charge in [0.2, 0.25) is 6.79 Å². The van der Waals surface area contributed by atoms with E-state index in [1.165, 1.54) is 0 Å². The van der Waals surface area contributed by atoms with Crippen LogP contribution in [0, 0.1) is 11.8 Å². The van der Waals surface area contributed by atoms with E-state index >= 15 is 0 Å². The first-order valence-corrected chi connectivity index (χ1v) is 11.8. The highest BCUT2D eigenvalue weighted by Gasteiger charge is 2.27. The first kappa shape index (κ1) is 23.2. The van der Waals surface area contributed by atoms with Gasteiger partial charge in [-0.05, 0) is 74.4 Å². The van der Waals surface area contributed by atoms with Crippen molar-refractivity contribution in [3.8, 4) is 11.5 Å². The lowest BCUT2D eigenvalue weighted by Gasteiger charge is -2.27. The molecule has 8 heteroatoms. The summed E-state index contributed by atoms with van der Waals surface area (Å²) >= 11 is 6.18. The highest BCUT2D eigenvalue weighted by Crippen LogP contribution is 2.33. The highest BCUT2D eigenvalue weighted by atomic mass is 35.5. The first-order valence-electron chi connectivity index (χ1n) is 11.4. The van der Waals surface area contributed by atoms with Crippen molar-refractivity contribution >= 4 is 29.2 Å². The summed E-state index contributed by atoms with van der Waals surface area (Å²) in [7, 11) is 0. The number of hydrogen-bond donors (Lipinski definition) is 2. The van der Waals surface area contributed by atoms with Gasteiger partial charge < -0.3 is 24.8 Å². The van der Waals surface area contributed by atoms with E-state index in [1.807, 2.05) is 31.2 Å². The third-order valence-electron chi connectivity index (χ3n) is 6.16. The van der Waals surface area contributed by atoms with Crippen LogP contribution in [0.3, 0.4) is 0 Å². The number of esters is 1. The van der Waals surface area contributed by atoms with Gasteiger partial charge in [-0.25, -0.2) is 0 Å². The quantitative estimate of drug-likeness (QED) is 0.538. The second-order valence-electron chi connectivity index (χ2n) is 8.41. The Morgan fingerprint density at radius 1 is 1.06 bits per heavy atom. The second-order valence-corrected chi connectivity index (χ2v) is 8.85. The fourth-order valence-corrected chi connectivity index (χ4v) is 4.48. The van der Waals surface area contributed by atoms with Crippen molar-refractivity contribution in [2.24, 2.45) is 11.8 Å². The Morgan fingerprint density at radius 2 is 1.85 bits per heavy atom. The number of carbonyl (C=O) groups is 2. The van der Waals surface area contributed by atoms with E-state index in [9.17, 15) is 9.59 Å². The molecule has 2 N–H and O–H groups in total. The predicted octanol–water partition coefficient (Wildman–Crippen LogP) is 4.78. The van der Waals surface area contributed by atoms with Crippen molar-refractivity contribution in [3.05, 3.63) is 52.5 Å². The third-order valence-corrected chi connectivity index (χ3v) is 6.40. The van der Waals surface area contributed by atoms with Gasteiger partial charge in [-0.1, -0.05) is 17.7 Å². The zero-order valence-electron chi connectivity index (χ0n) is 18.7. The van der Waals surface area contributed by atoms with Crippen molar-refractivity contribution in [2.75, 3.05) is 25.3 Å².